The van der Waals surface area contributed by atoms with E-state index in [2.05, 4.69) is 12.4 Å². The van der Waals surface area contributed by atoms with E-state index in [0.717, 1.165) is 60.8 Å². The molecule has 2 heterocycles. The minimum absolute atomic E-state index is 0.169. The van der Waals surface area contributed by atoms with Gasteiger partial charge in [-0.25, -0.2) is 0 Å². The Hall–Kier alpha value is -2.58. The minimum atomic E-state index is -4.84. The lowest BCUT2D eigenvalue weighted by Gasteiger charge is -2.64. The van der Waals surface area contributed by atoms with Gasteiger partial charge in [0.2, 0.25) is 0 Å². The fourth-order valence-electron chi connectivity index (χ4n) is 9.15. The Bertz CT molecular complexity index is 1290. The Balaban J connectivity index is 1.28. The largest absolute Gasteiger partial charge is 0.508 e. The minimum Gasteiger partial charge on any atom is -0.508 e. The number of carbonyl (C=O) groups is 1. The van der Waals surface area contributed by atoms with Crippen molar-refractivity contribution in [3.63, 3.8) is 0 Å². The van der Waals surface area contributed by atoms with Gasteiger partial charge in [-0.15, -0.1) is 0 Å². The number of hydrogen-bond acceptors (Lipinski definition) is 3. The van der Waals surface area contributed by atoms with Crippen molar-refractivity contribution in [2.75, 3.05) is 20.1 Å². The number of ether oxygens (including phenoxy) is 1. The van der Waals surface area contributed by atoms with E-state index >= 15 is 0 Å². The monoisotopic (exact) mass is 541 g/mol. The molecule has 2 aliphatic heterocycles. The van der Waals surface area contributed by atoms with Gasteiger partial charge in [0, 0.05) is 36.0 Å². The summed E-state index contributed by atoms with van der Waals surface area (Å²) in [5.74, 6) is -0.256. The van der Waals surface area contributed by atoms with E-state index < -0.39 is 23.4 Å². The Morgan fingerprint density at radius 3 is 2.69 bits per heavy atom. The van der Waals surface area contributed by atoms with Crippen LogP contribution in [0.15, 0.2) is 59.4 Å². The number of aliphatic hydroxyl groups excluding tert-OH is 1. The van der Waals surface area contributed by atoms with Gasteiger partial charge < -0.3 is 19.6 Å². The molecule has 3 saturated carbocycles. The molecule has 1 spiro atoms. The van der Waals surface area contributed by atoms with Crippen molar-refractivity contribution in [1.29, 1.82) is 0 Å². The maximum absolute atomic E-state index is 14.2. The second-order valence-electron chi connectivity index (χ2n) is 13.0. The number of piperidine rings is 1. The normalized spacial score (nSPS) is 40.9. The molecule has 6 aliphatic rings. The van der Waals surface area contributed by atoms with E-state index in [4.69, 9.17) is 4.74 Å². The second kappa shape index (κ2) is 8.46. The molecule has 39 heavy (non-hydrogen) atoms. The molecule has 2 saturated heterocycles. The molecule has 2 N–H and O–H groups in total. The zero-order chi connectivity index (χ0) is 27.2. The predicted octanol–water partition coefficient (Wildman–Crippen LogP) is 5.66. The number of alkyl halides is 3. The van der Waals surface area contributed by atoms with E-state index in [-0.39, 0.29) is 23.2 Å². The van der Waals surface area contributed by atoms with Crippen LogP contribution in [0.4, 0.5) is 13.2 Å². The Labute approximate surface area is 227 Å². The highest BCUT2D eigenvalue weighted by atomic mass is 19.4. The summed E-state index contributed by atoms with van der Waals surface area (Å²) in [6, 6.07) is 8.43. The number of halogens is 3. The molecule has 5 nitrogen and oxygen atoms in total. The molecule has 2 bridgehead atoms. The molecular weight excluding hydrogens is 505 g/mol. The highest BCUT2D eigenvalue weighted by molar-refractivity contribution is 5.99. The number of hydrogen-bond donors (Lipinski definition) is 2. The van der Waals surface area contributed by atoms with Gasteiger partial charge in [0.1, 0.15) is 11.3 Å². The molecule has 8 heteroatoms. The number of carbonyl (C=O) groups excluding carboxylic acids is 1. The zero-order valence-corrected chi connectivity index (χ0v) is 22.2. The Kier molecular flexibility index (Phi) is 5.51. The van der Waals surface area contributed by atoms with E-state index in [0.29, 0.717) is 23.9 Å². The van der Waals surface area contributed by atoms with Gasteiger partial charge in [0.15, 0.2) is 5.72 Å². The number of quaternary nitrogens is 1. The first kappa shape index (κ1) is 25.4. The zero-order valence-electron chi connectivity index (χ0n) is 22.2. The molecule has 4 aliphatic carbocycles. The topological polar surface area (TPSA) is 58.6 Å². The van der Waals surface area contributed by atoms with Crippen LogP contribution in [0.1, 0.15) is 50.5 Å². The van der Waals surface area contributed by atoms with E-state index in [1.54, 1.807) is 36.4 Å². The van der Waals surface area contributed by atoms with Gasteiger partial charge >= 0.3 is 6.18 Å². The van der Waals surface area contributed by atoms with Crippen LogP contribution < -0.4 is 5.32 Å². The number of likely N-dealkylation sites (tertiary alicyclic amines) is 1. The molecule has 7 rings (SSSR count). The summed E-state index contributed by atoms with van der Waals surface area (Å²) in [5.41, 5.74) is -1.81. The fraction of sp³-hybridized carbons (Fsp3) is 0.581. The van der Waals surface area contributed by atoms with Crippen LogP contribution in [0.25, 0.3) is 6.08 Å². The maximum atomic E-state index is 14.2. The third kappa shape index (κ3) is 3.77. The molecule has 5 fully saturated rings. The highest BCUT2D eigenvalue weighted by Gasteiger charge is 2.75. The number of rotatable bonds is 5. The molecule has 0 aromatic heterocycles. The second-order valence-corrected chi connectivity index (χ2v) is 13.0. The van der Waals surface area contributed by atoms with E-state index in [9.17, 15) is 23.1 Å². The lowest BCUT2D eigenvalue weighted by atomic mass is 9.46. The summed E-state index contributed by atoms with van der Waals surface area (Å²) in [5, 5.41) is 13.9. The first-order chi connectivity index (χ1) is 18.6. The summed E-state index contributed by atoms with van der Waals surface area (Å²) >= 11 is 0. The van der Waals surface area contributed by atoms with Crippen LogP contribution in [-0.4, -0.2) is 59.7 Å². The van der Waals surface area contributed by atoms with Crippen LogP contribution in [0.2, 0.25) is 0 Å². The third-order valence-electron chi connectivity index (χ3n) is 10.8. The quantitative estimate of drug-likeness (QED) is 0.374. The summed E-state index contributed by atoms with van der Waals surface area (Å²) in [6.07, 6.45) is 6.07. The van der Waals surface area contributed by atoms with Crippen LogP contribution in [-0.2, 0) is 9.53 Å². The van der Waals surface area contributed by atoms with Crippen molar-refractivity contribution in [2.45, 2.75) is 69.0 Å². The smallest absolute Gasteiger partial charge is 0.421 e. The molecule has 1 aromatic rings. The number of allylic oxidation sites excluding steroid dienone is 1. The van der Waals surface area contributed by atoms with Gasteiger partial charge in [-0.05, 0) is 55.0 Å². The van der Waals surface area contributed by atoms with Crippen LogP contribution >= 0.6 is 0 Å². The summed E-state index contributed by atoms with van der Waals surface area (Å²) in [7, 11) is 2.37. The predicted molar refractivity (Wildman–Crippen MR) is 140 cm³/mol. The van der Waals surface area contributed by atoms with Crippen molar-refractivity contribution < 1.29 is 32.3 Å². The molecule has 1 aromatic carbocycles. The standard InChI is InChI=1S/C31H35F3N2O3/c1-36(18-20-10-11-20)15-14-29-22-8-5-9-26(29)39-30(13-12-25(37)21(27(29)30)17-24(22)36)35-28(38)23(31(32,33)34)16-19-6-3-2-4-7-19/h2-4,6-7,12-13,16,20,22,24,26-27H,5,8-11,14-15,17-18H2,1H3,(H-,35,37,38)/p+1/t22-,24+,26-,27?,29+,30?,36?/m0/s1. The van der Waals surface area contributed by atoms with Crippen molar-refractivity contribution >= 4 is 12.0 Å². The van der Waals surface area contributed by atoms with Gasteiger partial charge in [-0.2, -0.15) is 13.2 Å². The van der Waals surface area contributed by atoms with E-state index in [1.807, 2.05) is 0 Å². The third-order valence-corrected chi connectivity index (χ3v) is 10.8. The number of aliphatic hydroxyl groups is 1. The van der Waals surface area contributed by atoms with Crippen molar-refractivity contribution in [3.05, 3.63) is 65.0 Å². The van der Waals surface area contributed by atoms with Crippen LogP contribution in [0.5, 0.6) is 0 Å². The van der Waals surface area contributed by atoms with E-state index in [1.165, 1.54) is 18.9 Å². The average Bonchev–Trinajstić information content (AvgIpc) is 3.65. The highest BCUT2D eigenvalue weighted by Crippen LogP contribution is 2.70. The van der Waals surface area contributed by atoms with Crippen molar-refractivity contribution in [3.8, 4) is 0 Å². The SMILES string of the molecule is C[N+]1(CC2CC2)CC[C@]23C4C5=C(O)C=CC4(NC(=O)C(=Cc4ccccc4)C(F)(F)F)O[C@H]2CCC[C@H]3[C@H]1C5. The lowest BCUT2D eigenvalue weighted by Crippen LogP contribution is -2.71. The van der Waals surface area contributed by atoms with Crippen LogP contribution in [0, 0.1) is 23.2 Å². The molecular formula is C31H36F3N2O3+. The van der Waals surface area contributed by atoms with Gasteiger partial charge in [0.25, 0.3) is 5.91 Å². The Morgan fingerprint density at radius 2 is 1.97 bits per heavy atom. The lowest BCUT2D eigenvalue weighted by molar-refractivity contribution is -0.948. The fourth-order valence-corrected chi connectivity index (χ4v) is 9.15. The first-order valence-corrected chi connectivity index (χ1v) is 14.4. The molecule has 1 amide bonds. The number of nitrogens with one attached hydrogen (secondary N) is 1. The summed E-state index contributed by atoms with van der Waals surface area (Å²) in [4.78, 5) is 13.5. The Morgan fingerprint density at radius 1 is 1.21 bits per heavy atom. The summed E-state index contributed by atoms with van der Waals surface area (Å²) in [6.45, 7) is 2.15. The molecule has 0 radical (unpaired) electrons. The first-order valence-electron chi connectivity index (χ1n) is 14.4. The summed E-state index contributed by atoms with van der Waals surface area (Å²) < 4.78 is 50.4. The van der Waals surface area contributed by atoms with Crippen molar-refractivity contribution in [1.82, 2.24) is 5.32 Å². The number of nitrogens with zero attached hydrogens (tertiary/aromatic N) is 1. The maximum Gasteiger partial charge on any atom is 0.421 e. The molecule has 208 valence electrons. The van der Waals surface area contributed by atoms with Gasteiger partial charge in [-0.3, -0.25) is 4.79 Å². The van der Waals surface area contributed by atoms with Gasteiger partial charge in [0.05, 0.1) is 32.3 Å². The van der Waals surface area contributed by atoms with Crippen molar-refractivity contribution in [2.24, 2.45) is 23.2 Å². The molecule has 7 atom stereocenters. The average molecular weight is 542 g/mol. The van der Waals surface area contributed by atoms with Gasteiger partial charge in [-0.1, -0.05) is 36.8 Å². The van der Waals surface area contributed by atoms with Crippen LogP contribution in [0.3, 0.4) is 0 Å². The number of amides is 1. The number of benzene rings is 1. The molecule has 3 unspecified atom stereocenters.